The number of fused-ring (bicyclic) bond motifs is 2. The maximum Gasteiger partial charge on any atom is 0.131 e. The Labute approximate surface area is 105 Å². The molecule has 90 valence electrons. The maximum atomic E-state index is 10.4. The third kappa shape index (κ3) is 1.35. The first-order valence-electron chi connectivity index (χ1n) is 6.08. The zero-order valence-corrected chi connectivity index (χ0v) is 10.1. The molecule has 0 saturated carbocycles. The number of phenols is 2. The molecule has 0 radical (unpaired) electrons. The third-order valence-corrected chi connectivity index (χ3v) is 3.46. The highest BCUT2D eigenvalue weighted by Crippen LogP contribution is 2.42. The molecule has 0 bridgehead atoms. The average molecular weight is 238 g/mol. The molecule has 0 fully saturated rings. The van der Waals surface area contributed by atoms with Crippen LogP contribution in [-0.2, 0) is 6.42 Å². The standard InChI is InChI=1S/C16H14O2/c1-2-10-6-5-9-13-14(10)16(18)12-8-4-3-7-11(12)15(13)17/h3-9,17-18H,2H2,1H3. The van der Waals surface area contributed by atoms with Crippen LogP contribution in [0.3, 0.4) is 0 Å². The molecule has 0 saturated heterocycles. The van der Waals surface area contributed by atoms with Crippen LogP contribution < -0.4 is 0 Å². The summed E-state index contributed by atoms with van der Waals surface area (Å²) in [4.78, 5) is 0. The van der Waals surface area contributed by atoms with Crippen molar-refractivity contribution in [3.05, 3.63) is 48.0 Å². The fourth-order valence-corrected chi connectivity index (χ4v) is 2.55. The number of aryl methyl sites for hydroxylation is 1. The topological polar surface area (TPSA) is 40.5 Å². The molecule has 0 aliphatic carbocycles. The highest BCUT2D eigenvalue weighted by atomic mass is 16.3. The highest BCUT2D eigenvalue weighted by molar-refractivity contribution is 6.11. The van der Waals surface area contributed by atoms with Crippen molar-refractivity contribution in [2.24, 2.45) is 0 Å². The van der Waals surface area contributed by atoms with E-state index in [4.69, 9.17) is 0 Å². The van der Waals surface area contributed by atoms with Crippen molar-refractivity contribution in [1.29, 1.82) is 0 Å². The van der Waals surface area contributed by atoms with Crippen molar-refractivity contribution in [1.82, 2.24) is 0 Å². The number of hydrogen-bond acceptors (Lipinski definition) is 2. The smallest absolute Gasteiger partial charge is 0.131 e. The molecule has 3 aromatic carbocycles. The monoisotopic (exact) mass is 238 g/mol. The second-order valence-corrected chi connectivity index (χ2v) is 4.44. The quantitative estimate of drug-likeness (QED) is 0.497. The van der Waals surface area contributed by atoms with Crippen LogP contribution >= 0.6 is 0 Å². The molecule has 0 atom stereocenters. The summed E-state index contributed by atoms with van der Waals surface area (Å²) in [5.74, 6) is 0.504. The molecule has 0 aliphatic rings. The molecule has 0 spiro atoms. The normalized spacial score (nSPS) is 11.2. The average Bonchev–Trinajstić information content (AvgIpc) is 2.44. The Morgan fingerprint density at radius 2 is 1.39 bits per heavy atom. The van der Waals surface area contributed by atoms with Gasteiger partial charge in [0, 0.05) is 21.5 Å². The Bertz CT molecular complexity index is 745. The molecule has 0 unspecified atom stereocenters. The summed E-state index contributed by atoms with van der Waals surface area (Å²) in [5.41, 5.74) is 1.05. The van der Waals surface area contributed by atoms with E-state index >= 15 is 0 Å². The van der Waals surface area contributed by atoms with E-state index in [-0.39, 0.29) is 11.5 Å². The molecule has 2 nitrogen and oxygen atoms in total. The van der Waals surface area contributed by atoms with Crippen LogP contribution in [0.4, 0.5) is 0 Å². The predicted octanol–water partition coefficient (Wildman–Crippen LogP) is 3.97. The van der Waals surface area contributed by atoms with Crippen LogP contribution in [0.25, 0.3) is 21.5 Å². The van der Waals surface area contributed by atoms with Crippen LogP contribution in [0.15, 0.2) is 42.5 Å². The van der Waals surface area contributed by atoms with E-state index in [2.05, 4.69) is 0 Å². The first kappa shape index (κ1) is 10.9. The van der Waals surface area contributed by atoms with E-state index < -0.39 is 0 Å². The molecule has 3 rings (SSSR count). The van der Waals surface area contributed by atoms with Gasteiger partial charge < -0.3 is 10.2 Å². The van der Waals surface area contributed by atoms with Gasteiger partial charge >= 0.3 is 0 Å². The minimum absolute atomic E-state index is 0.244. The second-order valence-electron chi connectivity index (χ2n) is 4.44. The van der Waals surface area contributed by atoms with Gasteiger partial charge in [-0.1, -0.05) is 49.4 Å². The summed E-state index contributed by atoms with van der Waals surface area (Å²) in [6.45, 7) is 2.04. The molecule has 0 heterocycles. The Kier molecular flexibility index (Phi) is 2.37. The van der Waals surface area contributed by atoms with Crippen molar-refractivity contribution in [2.45, 2.75) is 13.3 Å². The lowest BCUT2D eigenvalue weighted by molar-refractivity contribution is 0.478. The van der Waals surface area contributed by atoms with Crippen molar-refractivity contribution in [3.8, 4) is 11.5 Å². The fourth-order valence-electron chi connectivity index (χ4n) is 2.55. The van der Waals surface area contributed by atoms with Gasteiger partial charge in [0.2, 0.25) is 0 Å². The molecule has 0 amide bonds. The molecular weight excluding hydrogens is 224 g/mol. The van der Waals surface area contributed by atoms with Gasteiger partial charge in [0.25, 0.3) is 0 Å². The summed E-state index contributed by atoms with van der Waals surface area (Å²) >= 11 is 0. The van der Waals surface area contributed by atoms with E-state index in [0.717, 1.165) is 17.4 Å². The largest absolute Gasteiger partial charge is 0.507 e. The minimum atomic E-state index is 0.244. The van der Waals surface area contributed by atoms with Gasteiger partial charge in [-0.2, -0.15) is 0 Å². The lowest BCUT2D eigenvalue weighted by Gasteiger charge is -2.12. The number of aromatic hydroxyl groups is 2. The summed E-state index contributed by atoms with van der Waals surface area (Å²) in [7, 11) is 0. The van der Waals surface area contributed by atoms with Crippen molar-refractivity contribution >= 4 is 21.5 Å². The zero-order valence-electron chi connectivity index (χ0n) is 10.1. The predicted molar refractivity (Wildman–Crippen MR) is 74.2 cm³/mol. The molecular formula is C16H14O2. The summed E-state index contributed by atoms with van der Waals surface area (Å²) in [5, 5.41) is 23.6. The fraction of sp³-hybridized carbons (Fsp3) is 0.125. The van der Waals surface area contributed by atoms with E-state index in [1.807, 2.05) is 49.4 Å². The van der Waals surface area contributed by atoms with Gasteiger partial charge in [0.1, 0.15) is 11.5 Å². The number of rotatable bonds is 1. The van der Waals surface area contributed by atoms with Crippen LogP contribution in [0.5, 0.6) is 11.5 Å². The van der Waals surface area contributed by atoms with Crippen LogP contribution in [0, 0.1) is 0 Å². The highest BCUT2D eigenvalue weighted by Gasteiger charge is 2.14. The first-order valence-corrected chi connectivity index (χ1v) is 6.08. The van der Waals surface area contributed by atoms with E-state index in [0.29, 0.717) is 16.2 Å². The maximum absolute atomic E-state index is 10.4. The van der Waals surface area contributed by atoms with Gasteiger partial charge in [0.05, 0.1) is 0 Å². The van der Waals surface area contributed by atoms with Gasteiger partial charge in [-0.3, -0.25) is 0 Å². The van der Waals surface area contributed by atoms with Gasteiger partial charge in [0.15, 0.2) is 0 Å². The molecule has 3 aromatic rings. The summed E-state index contributed by atoms with van der Waals surface area (Å²) in [6.07, 6.45) is 0.822. The number of benzene rings is 3. The Morgan fingerprint density at radius 1 is 0.778 bits per heavy atom. The zero-order chi connectivity index (χ0) is 12.7. The lowest BCUT2D eigenvalue weighted by atomic mass is 9.96. The van der Waals surface area contributed by atoms with Crippen LogP contribution in [-0.4, -0.2) is 10.2 Å². The number of phenolic OH excluding ortho intramolecular Hbond substituents is 2. The van der Waals surface area contributed by atoms with Gasteiger partial charge in [-0.15, -0.1) is 0 Å². The first-order chi connectivity index (χ1) is 8.74. The van der Waals surface area contributed by atoms with E-state index in [1.54, 1.807) is 0 Å². The van der Waals surface area contributed by atoms with E-state index in [1.165, 1.54) is 0 Å². The summed E-state index contributed by atoms with van der Waals surface area (Å²) in [6, 6.07) is 13.1. The second kappa shape index (κ2) is 3.91. The molecule has 18 heavy (non-hydrogen) atoms. The summed E-state index contributed by atoms with van der Waals surface area (Å²) < 4.78 is 0. The van der Waals surface area contributed by atoms with Crippen LogP contribution in [0.1, 0.15) is 12.5 Å². The number of hydrogen-bond donors (Lipinski definition) is 2. The molecule has 0 aliphatic heterocycles. The van der Waals surface area contributed by atoms with Crippen molar-refractivity contribution < 1.29 is 10.2 Å². The van der Waals surface area contributed by atoms with Crippen molar-refractivity contribution in [2.75, 3.05) is 0 Å². The Hall–Kier alpha value is -2.22. The minimum Gasteiger partial charge on any atom is -0.507 e. The van der Waals surface area contributed by atoms with Gasteiger partial charge in [-0.25, -0.2) is 0 Å². The van der Waals surface area contributed by atoms with Gasteiger partial charge in [-0.05, 0) is 12.0 Å². The Morgan fingerprint density at radius 3 is 2.06 bits per heavy atom. The third-order valence-electron chi connectivity index (χ3n) is 3.46. The molecule has 0 aromatic heterocycles. The Balaban J connectivity index is 2.63. The molecule has 2 N–H and O–H groups in total. The lowest BCUT2D eigenvalue weighted by Crippen LogP contribution is -1.87. The van der Waals surface area contributed by atoms with Crippen LogP contribution in [0.2, 0.25) is 0 Å². The van der Waals surface area contributed by atoms with E-state index in [9.17, 15) is 10.2 Å². The van der Waals surface area contributed by atoms with Crippen molar-refractivity contribution in [3.63, 3.8) is 0 Å². The SMILES string of the molecule is CCc1cccc2c(O)c3ccccc3c(O)c12. The molecule has 2 heteroatoms.